The van der Waals surface area contributed by atoms with E-state index in [2.05, 4.69) is 9.97 Å². The number of anilines is 1. The van der Waals surface area contributed by atoms with Crippen molar-refractivity contribution in [1.82, 2.24) is 14.9 Å². The average molecular weight is 390 g/mol. The van der Waals surface area contributed by atoms with Gasteiger partial charge in [0, 0.05) is 37.3 Å². The van der Waals surface area contributed by atoms with Crippen molar-refractivity contribution < 1.29 is 18.3 Å². The third-order valence-corrected chi connectivity index (χ3v) is 4.50. The molecule has 0 N–H and O–H groups in total. The molecule has 1 fully saturated rings. The molecule has 1 aromatic carbocycles. The van der Waals surface area contributed by atoms with E-state index in [1.807, 2.05) is 18.7 Å². The van der Waals surface area contributed by atoms with Gasteiger partial charge in [0.05, 0.1) is 24.7 Å². The van der Waals surface area contributed by atoms with Gasteiger partial charge in [-0.3, -0.25) is 4.98 Å². The molecule has 28 heavy (non-hydrogen) atoms. The molecular formula is C20H24F2N4O2. The van der Waals surface area contributed by atoms with Crippen LogP contribution in [0, 0.1) is 5.92 Å². The van der Waals surface area contributed by atoms with E-state index < -0.39 is 6.43 Å². The fourth-order valence-electron chi connectivity index (χ4n) is 3.01. The molecule has 1 aromatic heterocycles. The Morgan fingerprint density at radius 3 is 2.54 bits per heavy atom. The van der Waals surface area contributed by atoms with Crippen LogP contribution in [0.2, 0.25) is 0 Å². The highest BCUT2D eigenvalue weighted by Crippen LogP contribution is 2.30. The Morgan fingerprint density at radius 2 is 1.86 bits per heavy atom. The van der Waals surface area contributed by atoms with Crippen LogP contribution < -0.4 is 4.90 Å². The highest BCUT2D eigenvalue weighted by atomic mass is 19.3. The molecule has 2 aromatic rings. The smallest absolute Gasteiger partial charge is 0.409 e. The van der Waals surface area contributed by atoms with Crippen LogP contribution in [0.4, 0.5) is 19.4 Å². The number of piperazine rings is 1. The lowest BCUT2D eigenvalue weighted by atomic mass is 10.1. The molecule has 6 nitrogen and oxygen atoms in total. The van der Waals surface area contributed by atoms with Crippen molar-refractivity contribution >= 4 is 11.9 Å². The number of halogens is 2. The van der Waals surface area contributed by atoms with Gasteiger partial charge in [-0.05, 0) is 5.92 Å². The minimum Gasteiger partial charge on any atom is -0.449 e. The Labute approximate surface area is 163 Å². The normalized spacial score (nSPS) is 14.6. The van der Waals surface area contributed by atoms with E-state index >= 15 is 0 Å². The second kappa shape index (κ2) is 8.95. The number of hydrogen-bond donors (Lipinski definition) is 0. The fourth-order valence-corrected chi connectivity index (χ4v) is 3.01. The van der Waals surface area contributed by atoms with Crippen molar-refractivity contribution in [1.29, 1.82) is 0 Å². The summed E-state index contributed by atoms with van der Waals surface area (Å²) in [5.74, 6) is 0.899. The fraction of sp³-hybridized carbons (Fsp3) is 0.450. The van der Waals surface area contributed by atoms with E-state index in [-0.39, 0.29) is 11.7 Å². The first-order chi connectivity index (χ1) is 13.5. The van der Waals surface area contributed by atoms with E-state index in [4.69, 9.17) is 4.74 Å². The first-order valence-electron chi connectivity index (χ1n) is 9.32. The number of aromatic nitrogens is 2. The molecule has 0 atom stereocenters. The summed E-state index contributed by atoms with van der Waals surface area (Å²) in [6, 6.07) is 6.31. The topological polar surface area (TPSA) is 58.6 Å². The van der Waals surface area contributed by atoms with Crippen LogP contribution in [0.5, 0.6) is 0 Å². The summed E-state index contributed by atoms with van der Waals surface area (Å²) in [6.07, 6.45) is 0.215. The number of carbonyl (C=O) groups excluding carboxylic acids is 1. The second-order valence-electron chi connectivity index (χ2n) is 7.10. The van der Waals surface area contributed by atoms with Gasteiger partial charge in [0.2, 0.25) is 0 Å². The zero-order valence-electron chi connectivity index (χ0n) is 16.0. The van der Waals surface area contributed by atoms with Gasteiger partial charge in [0.1, 0.15) is 5.82 Å². The average Bonchev–Trinajstić information content (AvgIpc) is 2.72. The third-order valence-electron chi connectivity index (χ3n) is 4.50. The Balaban J connectivity index is 1.69. The van der Waals surface area contributed by atoms with E-state index in [1.165, 1.54) is 12.3 Å². The standard InChI is InChI=1S/C20H24F2N4O2/c1-14(2)13-28-20(27)26-9-7-25(8-10-26)18-12-23-11-17(24-18)15-5-3-4-6-16(15)19(21)22/h3-6,11-12,14,19H,7-10,13H2,1-2H3. The minimum absolute atomic E-state index is 0.0633. The molecule has 0 aliphatic carbocycles. The van der Waals surface area contributed by atoms with Gasteiger partial charge in [-0.25, -0.2) is 18.6 Å². The number of alkyl halides is 2. The highest BCUT2D eigenvalue weighted by Gasteiger charge is 2.24. The third kappa shape index (κ3) is 4.74. The Morgan fingerprint density at radius 1 is 1.14 bits per heavy atom. The maximum absolute atomic E-state index is 13.3. The number of amides is 1. The van der Waals surface area contributed by atoms with E-state index in [0.29, 0.717) is 55.8 Å². The summed E-state index contributed by atoms with van der Waals surface area (Å²) < 4.78 is 31.8. The highest BCUT2D eigenvalue weighted by molar-refractivity contribution is 5.68. The monoisotopic (exact) mass is 390 g/mol. The molecule has 0 spiro atoms. The quantitative estimate of drug-likeness (QED) is 0.773. The van der Waals surface area contributed by atoms with Crippen molar-refractivity contribution in [3.05, 3.63) is 42.2 Å². The van der Waals surface area contributed by atoms with Crippen LogP contribution in [0.1, 0.15) is 25.8 Å². The number of carbonyl (C=O) groups is 1. The SMILES string of the molecule is CC(C)COC(=O)N1CCN(c2cncc(-c3ccccc3C(F)F)n2)CC1. The van der Waals surface area contributed by atoms with Gasteiger partial charge < -0.3 is 14.5 Å². The van der Waals surface area contributed by atoms with Crippen molar-refractivity contribution in [2.45, 2.75) is 20.3 Å². The van der Waals surface area contributed by atoms with E-state index in [0.717, 1.165) is 0 Å². The molecule has 150 valence electrons. The molecule has 1 aliphatic rings. The Kier molecular flexibility index (Phi) is 6.38. The summed E-state index contributed by atoms with van der Waals surface area (Å²) in [7, 11) is 0. The van der Waals surface area contributed by atoms with Crippen LogP contribution in [-0.2, 0) is 4.74 Å². The van der Waals surface area contributed by atoms with Crippen LogP contribution in [0.3, 0.4) is 0 Å². The molecule has 1 aliphatic heterocycles. The number of benzene rings is 1. The molecule has 1 amide bonds. The van der Waals surface area contributed by atoms with Crippen LogP contribution in [0.15, 0.2) is 36.7 Å². The number of ether oxygens (including phenoxy) is 1. The van der Waals surface area contributed by atoms with Crippen LogP contribution >= 0.6 is 0 Å². The number of hydrogen-bond acceptors (Lipinski definition) is 5. The Bertz CT molecular complexity index is 808. The van der Waals surface area contributed by atoms with E-state index in [1.54, 1.807) is 29.3 Å². The summed E-state index contributed by atoms with van der Waals surface area (Å²) in [6.45, 7) is 6.55. The van der Waals surface area contributed by atoms with Gasteiger partial charge in [-0.1, -0.05) is 38.1 Å². The predicted molar refractivity (Wildman–Crippen MR) is 102 cm³/mol. The molecule has 0 radical (unpaired) electrons. The molecule has 0 unspecified atom stereocenters. The van der Waals surface area contributed by atoms with Crippen molar-refractivity contribution in [2.75, 3.05) is 37.7 Å². The molecule has 0 saturated carbocycles. The Hall–Kier alpha value is -2.77. The minimum atomic E-state index is -2.58. The largest absolute Gasteiger partial charge is 0.449 e. The molecule has 0 bridgehead atoms. The zero-order valence-corrected chi connectivity index (χ0v) is 16.0. The summed E-state index contributed by atoms with van der Waals surface area (Å²) in [5.41, 5.74) is 0.724. The lowest BCUT2D eigenvalue weighted by Crippen LogP contribution is -2.49. The summed E-state index contributed by atoms with van der Waals surface area (Å²) in [4.78, 5) is 24.5. The van der Waals surface area contributed by atoms with Crippen LogP contribution in [-0.4, -0.2) is 53.7 Å². The summed E-state index contributed by atoms with van der Waals surface area (Å²) in [5, 5.41) is 0. The van der Waals surface area contributed by atoms with Gasteiger partial charge in [-0.15, -0.1) is 0 Å². The number of rotatable bonds is 5. The lowest BCUT2D eigenvalue weighted by Gasteiger charge is -2.34. The van der Waals surface area contributed by atoms with Crippen molar-refractivity contribution in [3.63, 3.8) is 0 Å². The maximum atomic E-state index is 13.3. The lowest BCUT2D eigenvalue weighted by molar-refractivity contribution is 0.0901. The first-order valence-corrected chi connectivity index (χ1v) is 9.32. The van der Waals surface area contributed by atoms with E-state index in [9.17, 15) is 13.6 Å². The van der Waals surface area contributed by atoms with Crippen LogP contribution in [0.25, 0.3) is 11.3 Å². The van der Waals surface area contributed by atoms with Gasteiger partial charge in [-0.2, -0.15) is 0 Å². The van der Waals surface area contributed by atoms with Gasteiger partial charge in [0.15, 0.2) is 0 Å². The second-order valence-corrected chi connectivity index (χ2v) is 7.10. The molecule has 3 rings (SSSR count). The molecule has 1 saturated heterocycles. The molecule has 8 heteroatoms. The number of nitrogens with zero attached hydrogens (tertiary/aromatic N) is 4. The maximum Gasteiger partial charge on any atom is 0.409 e. The predicted octanol–water partition coefficient (Wildman–Crippen LogP) is 4.00. The van der Waals surface area contributed by atoms with Gasteiger partial charge >= 0.3 is 6.09 Å². The zero-order chi connectivity index (χ0) is 20.1. The van der Waals surface area contributed by atoms with Crippen molar-refractivity contribution in [2.24, 2.45) is 5.92 Å². The molecular weight excluding hydrogens is 366 g/mol. The van der Waals surface area contributed by atoms with Gasteiger partial charge in [0.25, 0.3) is 6.43 Å². The first kappa shape index (κ1) is 20.0. The van der Waals surface area contributed by atoms with Crippen molar-refractivity contribution in [3.8, 4) is 11.3 Å². The summed E-state index contributed by atoms with van der Waals surface area (Å²) >= 11 is 0. The molecule has 2 heterocycles.